The van der Waals surface area contributed by atoms with E-state index in [0.29, 0.717) is 0 Å². The molecule has 0 unspecified atom stereocenters. The van der Waals surface area contributed by atoms with Gasteiger partial charge in [0.2, 0.25) is 0 Å². The molecular formula is C59H47BN2O2. The molecule has 0 saturated carbocycles. The summed E-state index contributed by atoms with van der Waals surface area (Å²) < 4.78 is 16.1. The zero-order valence-corrected chi connectivity index (χ0v) is 37.6. The molecule has 4 nitrogen and oxygen atoms in total. The first-order valence-electron chi connectivity index (χ1n) is 22.9. The first kappa shape index (κ1) is 36.5. The van der Waals surface area contributed by atoms with Crippen LogP contribution in [0.15, 0.2) is 148 Å². The molecule has 0 atom stereocenters. The average molecular weight is 827 g/mol. The van der Waals surface area contributed by atoms with Gasteiger partial charge in [-0.1, -0.05) is 140 Å². The Morgan fingerprint density at radius 3 is 1.92 bits per heavy atom. The molecule has 0 spiro atoms. The Balaban J connectivity index is 1.15. The zero-order chi connectivity index (χ0) is 43.3. The van der Waals surface area contributed by atoms with Gasteiger partial charge in [-0.25, -0.2) is 0 Å². The van der Waals surface area contributed by atoms with E-state index in [1.807, 2.05) is 0 Å². The minimum Gasteiger partial charge on any atom is -0.456 e. The van der Waals surface area contributed by atoms with E-state index in [4.69, 9.17) is 8.83 Å². The maximum absolute atomic E-state index is 6.86. The van der Waals surface area contributed by atoms with Gasteiger partial charge in [0.1, 0.15) is 22.3 Å². The number of fused-ring (bicyclic) bond motifs is 18. The fraction of sp³-hybridized carbons (Fsp3) is 0.186. The van der Waals surface area contributed by atoms with Gasteiger partial charge in [-0.15, -0.1) is 0 Å². The number of hydrogen-bond donors (Lipinski definition) is 0. The van der Waals surface area contributed by atoms with E-state index in [0.717, 1.165) is 60.5 Å². The fourth-order valence-corrected chi connectivity index (χ4v) is 12.0. The van der Waals surface area contributed by atoms with Crippen molar-refractivity contribution < 1.29 is 8.83 Å². The molecule has 3 aliphatic rings. The van der Waals surface area contributed by atoms with Crippen LogP contribution in [0.1, 0.15) is 77.6 Å². The number of anilines is 2. The number of furan rings is 2. The summed E-state index contributed by atoms with van der Waals surface area (Å²) >= 11 is 0. The van der Waals surface area contributed by atoms with Crippen LogP contribution < -0.4 is 15.7 Å². The molecule has 14 rings (SSSR count). The van der Waals surface area contributed by atoms with Crippen molar-refractivity contribution in [1.29, 1.82) is 0 Å². The van der Waals surface area contributed by atoms with Gasteiger partial charge >= 0.3 is 6.85 Å². The van der Waals surface area contributed by atoms with E-state index in [9.17, 15) is 0 Å². The van der Waals surface area contributed by atoms with Gasteiger partial charge in [0.25, 0.3) is 0 Å². The van der Waals surface area contributed by atoms with Gasteiger partial charge in [0.15, 0.2) is 0 Å². The molecule has 64 heavy (non-hydrogen) atoms. The SMILES string of the molecule is CC(C)(C)c1ccc(N2B3c4cc5c(cc4-n4c6ccc7c8ccccc8oc7c6c6ccc(c3c64)-c3cc4c(cc32)-c2cc(C(C)(C)C)ccc2C4(C)C)oc2ccccc25)cc1. The molecule has 11 aromatic rings. The van der Waals surface area contributed by atoms with E-state index in [2.05, 4.69) is 204 Å². The van der Waals surface area contributed by atoms with Crippen molar-refractivity contribution in [3.8, 4) is 27.9 Å². The summed E-state index contributed by atoms with van der Waals surface area (Å²) in [4.78, 5) is 2.67. The number of hydrogen-bond acceptors (Lipinski definition) is 3. The van der Waals surface area contributed by atoms with Gasteiger partial charge in [-0.2, -0.15) is 0 Å². The third-order valence-corrected chi connectivity index (χ3v) is 15.3. The predicted molar refractivity (Wildman–Crippen MR) is 269 cm³/mol. The summed E-state index contributed by atoms with van der Waals surface area (Å²) in [6.07, 6.45) is 0. The molecular weight excluding hydrogens is 779 g/mol. The zero-order valence-electron chi connectivity index (χ0n) is 37.6. The van der Waals surface area contributed by atoms with Crippen LogP contribution in [0.3, 0.4) is 0 Å². The fourth-order valence-electron chi connectivity index (χ4n) is 12.0. The third kappa shape index (κ3) is 4.54. The summed E-state index contributed by atoms with van der Waals surface area (Å²) in [5, 5.41) is 6.90. The smallest absolute Gasteiger partial charge is 0.333 e. The highest BCUT2D eigenvalue weighted by molar-refractivity contribution is 6.94. The van der Waals surface area contributed by atoms with Crippen LogP contribution in [0.5, 0.6) is 0 Å². The van der Waals surface area contributed by atoms with E-state index in [-0.39, 0.29) is 23.1 Å². The van der Waals surface area contributed by atoms with Crippen LogP contribution in [0.4, 0.5) is 11.4 Å². The first-order chi connectivity index (χ1) is 30.8. The number of nitrogens with zero attached hydrogens (tertiary/aromatic N) is 2. The number of para-hydroxylation sites is 2. The minimum absolute atomic E-state index is 0.0201. The van der Waals surface area contributed by atoms with Crippen LogP contribution in [0.25, 0.3) is 93.6 Å². The summed E-state index contributed by atoms with van der Waals surface area (Å²) in [5.74, 6) is 0. The highest BCUT2D eigenvalue weighted by Gasteiger charge is 2.46. The molecule has 1 aliphatic carbocycles. The maximum atomic E-state index is 6.86. The van der Waals surface area contributed by atoms with Gasteiger partial charge < -0.3 is 18.2 Å². The highest BCUT2D eigenvalue weighted by Crippen LogP contribution is 2.55. The predicted octanol–water partition coefficient (Wildman–Crippen LogP) is 14.7. The van der Waals surface area contributed by atoms with Gasteiger partial charge in [-0.3, -0.25) is 0 Å². The molecule has 5 heterocycles. The van der Waals surface area contributed by atoms with Crippen molar-refractivity contribution in [2.75, 3.05) is 4.81 Å². The number of aromatic nitrogens is 1. The molecule has 5 heteroatoms. The molecule has 0 saturated heterocycles. The van der Waals surface area contributed by atoms with E-state index in [1.54, 1.807) is 0 Å². The Morgan fingerprint density at radius 2 is 1.17 bits per heavy atom. The highest BCUT2D eigenvalue weighted by atomic mass is 16.3. The largest absolute Gasteiger partial charge is 0.456 e. The standard InChI is InChI=1S/C59H47BN2O2/c1-57(2,3)32-17-20-34(21-18-32)62-48-30-41-40-27-33(58(4,5)6)19-25-44(40)59(7,8)45(41)28-42(48)37-22-23-39-53-47(26-24-38-35-13-9-12-16-51(35)64-56(38)53)61-49-31-52-43(36-14-10-11-15-50(36)63-52)29-46(49)60(62)54(37)55(39)61/h9-31H,1-8H3. The normalized spacial score (nSPS) is 14.9. The summed E-state index contributed by atoms with van der Waals surface area (Å²) in [7, 11) is 0. The Kier molecular flexibility index (Phi) is 6.72. The van der Waals surface area contributed by atoms with Crippen LogP contribution >= 0.6 is 0 Å². The monoisotopic (exact) mass is 826 g/mol. The second kappa shape index (κ2) is 11.8. The maximum Gasteiger partial charge on any atom is 0.333 e. The molecule has 2 aliphatic heterocycles. The lowest BCUT2D eigenvalue weighted by Crippen LogP contribution is -2.60. The molecule has 0 N–H and O–H groups in total. The Bertz CT molecular complexity index is 3900. The summed E-state index contributed by atoms with van der Waals surface area (Å²) in [6.45, 7) is 18.6. The van der Waals surface area contributed by atoms with Gasteiger partial charge in [-0.05, 0) is 109 Å². The number of benzene rings is 8. The Morgan fingerprint density at radius 1 is 0.500 bits per heavy atom. The molecule has 8 aromatic carbocycles. The van der Waals surface area contributed by atoms with Crippen molar-refractivity contribution in [3.05, 3.63) is 162 Å². The van der Waals surface area contributed by atoms with E-state index >= 15 is 0 Å². The van der Waals surface area contributed by atoms with Crippen molar-refractivity contribution in [1.82, 2.24) is 4.57 Å². The second-order valence-corrected chi connectivity index (χ2v) is 21.3. The van der Waals surface area contributed by atoms with Crippen LogP contribution in [-0.4, -0.2) is 11.4 Å². The first-order valence-corrected chi connectivity index (χ1v) is 22.9. The third-order valence-electron chi connectivity index (χ3n) is 15.3. The Labute approximate surface area is 372 Å². The van der Waals surface area contributed by atoms with Crippen LogP contribution in [-0.2, 0) is 16.2 Å². The quantitative estimate of drug-likeness (QED) is 0.155. The number of rotatable bonds is 1. The lowest BCUT2D eigenvalue weighted by Gasteiger charge is -2.42. The van der Waals surface area contributed by atoms with Gasteiger partial charge in [0.05, 0.1) is 16.4 Å². The van der Waals surface area contributed by atoms with E-state index < -0.39 is 0 Å². The molecule has 0 amide bonds. The molecule has 0 fully saturated rings. The topological polar surface area (TPSA) is 34.5 Å². The molecule has 3 aromatic heterocycles. The van der Waals surface area contributed by atoms with Crippen LogP contribution in [0.2, 0.25) is 0 Å². The molecule has 0 radical (unpaired) electrons. The van der Waals surface area contributed by atoms with Crippen molar-refractivity contribution in [3.63, 3.8) is 0 Å². The lowest BCUT2D eigenvalue weighted by atomic mass is 9.44. The summed E-state index contributed by atoms with van der Waals surface area (Å²) in [6, 6.07) is 52.8. The minimum atomic E-state index is -0.171. The van der Waals surface area contributed by atoms with Gasteiger partial charge in [0, 0.05) is 61.0 Å². The Hall–Kier alpha value is -6.98. The van der Waals surface area contributed by atoms with Crippen molar-refractivity contribution in [2.45, 2.75) is 71.6 Å². The van der Waals surface area contributed by atoms with Crippen LogP contribution in [0, 0.1) is 0 Å². The molecule has 308 valence electrons. The average Bonchev–Trinajstić information content (AvgIpc) is 4.00. The van der Waals surface area contributed by atoms with E-state index in [1.165, 1.54) is 77.7 Å². The molecule has 0 bridgehead atoms. The van der Waals surface area contributed by atoms with Crippen molar-refractivity contribution in [2.24, 2.45) is 0 Å². The lowest BCUT2D eigenvalue weighted by molar-refractivity contribution is 0.589. The van der Waals surface area contributed by atoms with Crippen molar-refractivity contribution >= 4 is 94.8 Å². The second-order valence-electron chi connectivity index (χ2n) is 21.3. The summed E-state index contributed by atoms with van der Waals surface area (Å²) in [5.41, 5.74) is 22.7.